The van der Waals surface area contributed by atoms with E-state index >= 15 is 0 Å². The van der Waals surface area contributed by atoms with Crippen LogP contribution in [0.2, 0.25) is 0 Å². The quantitative estimate of drug-likeness (QED) is 0.682. The maximum absolute atomic E-state index is 14.5. The normalized spacial score (nSPS) is 13.1. The highest BCUT2D eigenvalue weighted by Gasteiger charge is 2.26. The van der Waals surface area contributed by atoms with Gasteiger partial charge in [0.25, 0.3) is 0 Å². The number of fused-ring (bicyclic) bond motifs is 1. The number of nitrogens with zero attached hydrogens (tertiary/aromatic N) is 4. The first-order chi connectivity index (χ1) is 13.7. The Morgan fingerprint density at radius 1 is 1.32 bits per heavy atom. The Labute approximate surface area is 161 Å². The van der Waals surface area contributed by atoms with Crippen molar-refractivity contribution in [2.45, 2.75) is 19.5 Å². The zero-order valence-electron chi connectivity index (χ0n) is 15.2. The molecule has 1 aromatic carbocycles. The number of carbonyl (C=O) groups is 1. The van der Waals surface area contributed by atoms with Crippen molar-refractivity contribution < 1.29 is 9.18 Å². The number of pyridine rings is 1. The van der Waals surface area contributed by atoms with Crippen LogP contribution in [0, 0.1) is 5.82 Å². The van der Waals surface area contributed by atoms with Gasteiger partial charge in [-0.25, -0.2) is 9.18 Å². The number of urea groups is 1. The fourth-order valence-electron chi connectivity index (χ4n) is 3.30. The van der Waals surface area contributed by atoms with Gasteiger partial charge in [0.2, 0.25) is 0 Å². The molecule has 1 aliphatic heterocycles. The third kappa shape index (κ3) is 3.36. The first-order valence-electron chi connectivity index (χ1n) is 8.90. The molecule has 4 rings (SSSR count). The molecule has 2 aromatic heterocycles. The number of aliphatic imine (C=N–C) groups is 1. The van der Waals surface area contributed by atoms with Crippen LogP contribution in [0.15, 0.2) is 47.6 Å². The molecule has 0 bridgehead atoms. The topological polar surface area (TPSA) is 86.3 Å². The molecule has 2 N–H and O–H groups in total. The van der Waals surface area contributed by atoms with Gasteiger partial charge in [-0.3, -0.25) is 15.1 Å². The number of benzene rings is 1. The minimum atomic E-state index is -0.589. The lowest BCUT2D eigenvalue weighted by atomic mass is 10.0. The van der Waals surface area contributed by atoms with Crippen LogP contribution >= 0.6 is 0 Å². The van der Waals surface area contributed by atoms with Gasteiger partial charge in [0.05, 0.1) is 30.2 Å². The number of hydrogen-bond donors (Lipinski definition) is 2. The SMILES string of the molecule is C=NCc1nccc(NC(=O)N2CCc3[nH]nc(-c4ccccc4)c3C2)c1F. The lowest BCUT2D eigenvalue weighted by Crippen LogP contribution is -2.39. The molecule has 0 radical (unpaired) electrons. The molecule has 142 valence electrons. The second-order valence-electron chi connectivity index (χ2n) is 6.50. The van der Waals surface area contributed by atoms with Gasteiger partial charge in [-0.15, -0.1) is 0 Å². The Morgan fingerprint density at radius 3 is 2.93 bits per heavy atom. The van der Waals surface area contributed by atoms with E-state index in [4.69, 9.17) is 0 Å². The average Bonchev–Trinajstić information content (AvgIpc) is 3.15. The summed E-state index contributed by atoms with van der Waals surface area (Å²) < 4.78 is 14.5. The second kappa shape index (κ2) is 7.59. The maximum Gasteiger partial charge on any atom is 0.322 e. The number of amides is 2. The van der Waals surface area contributed by atoms with Crippen molar-refractivity contribution >= 4 is 18.4 Å². The minimum Gasteiger partial charge on any atom is -0.320 e. The molecule has 3 aromatic rings. The van der Waals surface area contributed by atoms with Crippen LogP contribution in [0.5, 0.6) is 0 Å². The van der Waals surface area contributed by atoms with E-state index in [2.05, 4.69) is 32.2 Å². The van der Waals surface area contributed by atoms with Crippen LogP contribution in [0.1, 0.15) is 17.0 Å². The number of aromatic amines is 1. The van der Waals surface area contributed by atoms with Crippen molar-refractivity contribution in [1.82, 2.24) is 20.1 Å². The highest BCUT2D eigenvalue weighted by molar-refractivity contribution is 5.89. The molecule has 7 nitrogen and oxygen atoms in total. The number of carbonyl (C=O) groups excluding carboxylic acids is 1. The molecule has 0 saturated heterocycles. The summed E-state index contributed by atoms with van der Waals surface area (Å²) in [6, 6.07) is 10.9. The van der Waals surface area contributed by atoms with Crippen LogP contribution in [0.25, 0.3) is 11.3 Å². The van der Waals surface area contributed by atoms with Crippen LogP contribution in [-0.4, -0.2) is 39.4 Å². The third-order valence-corrected chi connectivity index (χ3v) is 4.73. The Kier molecular flexibility index (Phi) is 4.84. The van der Waals surface area contributed by atoms with Gasteiger partial charge in [0, 0.05) is 36.0 Å². The predicted molar refractivity (Wildman–Crippen MR) is 105 cm³/mol. The summed E-state index contributed by atoms with van der Waals surface area (Å²) in [6.07, 6.45) is 2.10. The summed E-state index contributed by atoms with van der Waals surface area (Å²) in [5.41, 5.74) is 4.07. The summed E-state index contributed by atoms with van der Waals surface area (Å²) in [6.45, 7) is 4.32. The summed E-state index contributed by atoms with van der Waals surface area (Å²) in [4.78, 5) is 22.0. The van der Waals surface area contributed by atoms with E-state index in [1.165, 1.54) is 12.3 Å². The Bertz CT molecular complexity index is 1020. The Morgan fingerprint density at radius 2 is 2.14 bits per heavy atom. The molecule has 0 aliphatic carbocycles. The van der Waals surface area contributed by atoms with Gasteiger partial charge in [-0.05, 0) is 12.8 Å². The second-order valence-corrected chi connectivity index (χ2v) is 6.50. The van der Waals surface area contributed by atoms with Gasteiger partial charge in [0.15, 0.2) is 5.82 Å². The molecule has 0 spiro atoms. The third-order valence-electron chi connectivity index (χ3n) is 4.73. The largest absolute Gasteiger partial charge is 0.322 e. The molecule has 1 aliphatic rings. The monoisotopic (exact) mass is 378 g/mol. The van der Waals surface area contributed by atoms with Crippen molar-refractivity contribution in [3.63, 3.8) is 0 Å². The van der Waals surface area contributed by atoms with Crippen LogP contribution in [0.3, 0.4) is 0 Å². The zero-order chi connectivity index (χ0) is 19.5. The van der Waals surface area contributed by atoms with Crippen molar-refractivity contribution in [3.05, 3.63) is 65.4 Å². The van der Waals surface area contributed by atoms with Crippen LogP contribution in [0.4, 0.5) is 14.9 Å². The van der Waals surface area contributed by atoms with Crippen LogP contribution in [-0.2, 0) is 19.5 Å². The molecule has 0 unspecified atom stereocenters. The molecule has 28 heavy (non-hydrogen) atoms. The number of rotatable bonds is 4. The number of nitrogens with one attached hydrogen (secondary N) is 2. The van der Waals surface area contributed by atoms with Crippen molar-refractivity contribution in [1.29, 1.82) is 0 Å². The zero-order valence-corrected chi connectivity index (χ0v) is 15.2. The number of H-pyrrole nitrogens is 1. The molecular formula is C20H19FN6O. The molecular weight excluding hydrogens is 359 g/mol. The van der Waals surface area contributed by atoms with Gasteiger partial charge in [-0.1, -0.05) is 30.3 Å². The summed E-state index contributed by atoms with van der Waals surface area (Å²) in [5.74, 6) is -0.589. The van der Waals surface area contributed by atoms with Gasteiger partial charge < -0.3 is 10.2 Å². The van der Waals surface area contributed by atoms with E-state index in [0.717, 1.165) is 22.5 Å². The van der Waals surface area contributed by atoms with E-state index in [0.29, 0.717) is 19.5 Å². The fraction of sp³-hybridized carbons (Fsp3) is 0.200. The Hall–Kier alpha value is -3.55. The maximum atomic E-state index is 14.5. The molecule has 2 amide bonds. The van der Waals surface area contributed by atoms with Crippen molar-refractivity contribution in [2.24, 2.45) is 4.99 Å². The van der Waals surface area contributed by atoms with Gasteiger partial charge in [0.1, 0.15) is 0 Å². The summed E-state index contributed by atoms with van der Waals surface area (Å²) in [7, 11) is 0. The first kappa shape index (κ1) is 17.8. The lowest BCUT2D eigenvalue weighted by Gasteiger charge is -2.27. The predicted octanol–water partition coefficient (Wildman–Crippen LogP) is 3.40. The number of aromatic nitrogens is 3. The average molecular weight is 378 g/mol. The number of anilines is 1. The molecule has 0 fully saturated rings. The number of halogens is 1. The smallest absolute Gasteiger partial charge is 0.320 e. The Balaban J connectivity index is 1.53. The first-order valence-corrected chi connectivity index (χ1v) is 8.90. The fourth-order valence-corrected chi connectivity index (χ4v) is 3.30. The van der Waals surface area contributed by atoms with E-state index in [1.54, 1.807) is 4.90 Å². The number of hydrogen-bond acceptors (Lipinski definition) is 4. The highest BCUT2D eigenvalue weighted by Crippen LogP contribution is 2.28. The van der Waals surface area contributed by atoms with E-state index in [9.17, 15) is 9.18 Å². The molecule has 0 saturated carbocycles. The summed E-state index contributed by atoms with van der Waals surface area (Å²) >= 11 is 0. The summed E-state index contributed by atoms with van der Waals surface area (Å²) in [5, 5.41) is 10.1. The van der Waals surface area contributed by atoms with Gasteiger partial charge in [-0.2, -0.15) is 5.10 Å². The van der Waals surface area contributed by atoms with Crippen molar-refractivity contribution in [2.75, 3.05) is 11.9 Å². The van der Waals surface area contributed by atoms with Crippen molar-refractivity contribution in [3.8, 4) is 11.3 Å². The van der Waals surface area contributed by atoms with E-state index < -0.39 is 5.82 Å². The van der Waals surface area contributed by atoms with E-state index in [1.807, 2.05) is 30.3 Å². The van der Waals surface area contributed by atoms with E-state index in [-0.39, 0.29) is 24.0 Å². The highest BCUT2D eigenvalue weighted by atomic mass is 19.1. The molecule has 0 atom stereocenters. The standard InChI is InChI=1S/C20H19FN6O/c1-22-11-17-18(21)16(7-9-23-17)24-20(28)27-10-8-15-14(12-27)19(26-25-15)13-5-3-2-4-6-13/h2-7,9H,1,8,10-12H2,(H,25,26)(H,23,24,28). The lowest BCUT2D eigenvalue weighted by molar-refractivity contribution is 0.206. The van der Waals surface area contributed by atoms with Crippen LogP contribution < -0.4 is 5.32 Å². The minimum absolute atomic E-state index is 0.0536. The molecule has 8 heteroatoms. The van der Waals surface area contributed by atoms with Gasteiger partial charge >= 0.3 is 6.03 Å². The molecule has 3 heterocycles.